The van der Waals surface area contributed by atoms with Gasteiger partial charge in [-0.1, -0.05) is 18.9 Å². The van der Waals surface area contributed by atoms with E-state index in [1.165, 1.54) is 18.3 Å². The summed E-state index contributed by atoms with van der Waals surface area (Å²) in [7, 11) is 0. The second kappa shape index (κ2) is 10.3. The highest BCUT2D eigenvalue weighted by Gasteiger charge is 2.37. The Morgan fingerprint density at radius 1 is 0.938 bits per heavy atom. The van der Waals surface area contributed by atoms with Crippen molar-refractivity contribution in [2.24, 2.45) is 5.92 Å². The lowest BCUT2D eigenvalue weighted by atomic mass is 9.95. The Kier molecular flexibility index (Phi) is 7.22. The van der Waals surface area contributed by atoms with Gasteiger partial charge in [-0.25, -0.2) is 0 Å². The predicted octanol–water partition coefficient (Wildman–Crippen LogP) is 3.66. The number of anilines is 2. The summed E-state index contributed by atoms with van der Waals surface area (Å²) in [5.41, 5.74) is 1.42. The van der Waals surface area contributed by atoms with E-state index < -0.39 is 0 Å². The van der Waals surface area contributed by atoms with Crippen molar-refractivity contribution in [3.63, 3.8) is 0 Å². The monoisotopic (exact) mass is 454 g/mol. The maximum Gasteiger partial charge on any atom is 0.264 e. The van der Waals surface area contributed by atoms with Gasteiger partial charge in [-0.3, -0.25) is 19.3 Å². The van der Waals surface area contributed by atoms with Gasteiger partial charge in [-0.05, 0) is 54.5 Å². The van der Waals surface area contributed by atoms with Gasteiger partial charge in [0, 0.05) is 44.5 Å². The number of thiophene rings is 1. The Bertz CT molecular complexity index is 931. The van der Waals surface area contributed by atoms with Gasteiger partial charge < -0.3 is 15.5 Å². The van der Waals surface area contributed by atoms with E-state index in [4.69, 9.17) is 0 Å². The van der Waals surface area contributed by atoms with Crippen LogP contribution in [-0.4, -0.2) is 59.7 Å². The molecule has 2 aromatic rings. The molecule has 3 amide bonds. The second-order valence-electron chi connectivity index (χ2n) is 8.54. The molecule has 1 aromatic heterocycles. The van der Waals surface area contributed by atoms with Crippen LogP contribution in [0.15, 0.2) is 41.8 Å². The molecule has 1 aromatic carbocycles. The van der Waals surface area contributed by atoms with Gasteiger partial charge in [-0.15, -0.1) is 11.3 Å². The number of hydrogen-bond donors (Lipinski definition) is 2. The molecule has 2 heterocycles. The van der Waals surface area contributed by atoms with Gasteiger partial charge in [0.15, 0.2) is 0 Å². The normalized spacial score (nSPS) is 18.3. The summed E-state index contributed by atoms with van der Waals surface area (Å²) in [4.78, 5) is 42.2. The Morgan fingerprint density at radius 3 is 2.12 bits per heavy atom. The van der Waals surface area contributed by atoms with E-state index in [9.17, 15) is 14.4 Å². The highest BCUT2D eigenvalue weighted by molar-refractivity contribution is 7.12. The fourth-order valence-corrected chi connectivity index (χ4v) is 5.46. The zero-order chi connectivity index (χ0) is 22.5. The van der Waals surface area contributed by atoms with Gasteiger partial charge >= 0.3 is 0 Å². The smallest absolute Gasteiger partial charge is 0.264 e. The Hall–Kier alpha value is -2.71. The van der Waals surface area contributed by atoms with Crippen LogP contribution in [-0.2, 0) is 9.59 Å². The van der Waals surface area contributed by atoms with Gasteiger partial charge in [0.25, 0.3) is 5.91 Å². The summed E-state index contributed by atoms with van der Waals surface area (Å²) in [5, 5.41) is 7.74. The molecule has 1 saturated heterocycles. The van der Waals surface area contributed by atoms with Crippen molar-refractivity contribution in [2.45, 2.75) is 38.6 Å². The minimum atomic E-state index is -0.188. The molecule has 1 aliphatic heterocycles. The maximum absolute atomic E-state index is 13.4. The molecule has 0 spiro atoms. The van der Waals surface area contributed by atoms with E-state index in [-0.39, 0.29) is 23.8 Å². The number of hydrogen-bond acceptors (Lipinski definition) is 5. The fraction of sp³-hybridized carbons (Fsp3) is 0.458. The number of carbonyl (C=O) groups is 3. The van der Waals surface area contributed by atoms with E-state index in [0.29, 0.717) is 37.8 Å². The fourth-order valence-electron chi connectivity index (χ4n) is 4.77. The van der Waals surface area contributed by atoms with Crippen molar-refractivity contribution in [3.8, 4) is 0 Å². The van der Waals surface area contributed by atoms with Gasteiger partial charge in [0.1, 0.15) is 0 Å². The number of rotatable bonds is 6. The SMILES string of the molecule is CC(=O)Nc1ccc(NC(=O)[C@@H](C2CCCC2)N2CCN(C(=O)c3cccs3)CC2)cc1. The molecule has 32 heavy (non-hydrogen) atoms. The molecule has 0 unspecified atom stereocenters. The molecule has 2 N–H and O–H groups in total. The molecule has 2 fully saturated rings. The van der Waals surface area contributed by atoms with E-state index >= 15 is 0 Å². The van der Waals surface area contributed by atoms with Crippen molar-refractivity contribution < 1.29 is 14.4 Å². The Balaban J connectivity index is 1.40. The first-order valence-electron chi connectivity index (χ1n) is 11.3. The molecule has 0 radical (unpaired) electrons. The third-order valence-electron chi connectivity index (χ3n) is 6.31. The van der Waals surface area contributed by atoms with Crippen LogP contribution >= 0.6 is 11.3 Å². The van der Waals surface area contributed by atoms with Crippen molar-refractivity contribution in [1.29, 1.82) is 0 Å². The average molecular weight is 455 g/mol. The summed E-state index contributed by atoms with van der Waals surface area (Å²) >= 11 is 1.47. The summed E-state index contributed by atoms with van der Waals surface area (Å²) in [6.07, 6.45) is 4.45. The number of benzene rings is 1. The predicted molar refractivity (Wildman–Crippen MR) is 127 cm³/mol. The van der Waals surface area contributed by atoms with Gasteiger partial charge in [0.05, 0.1) is 10.9 Å². The first kappa shape index (κ1) is 22.5. The molecule has 0 bridgehead atoms. The summed E-state index contributed by atoms with van der Waals surface area (Å²) in [6.45, 7) is 4.15. The first-order valence-corrected chi connectivity index (χ1v) is 12.1. The minimum absolute atomic E-state index is 0.0159. The average Bonchev–Trinajstić information content (AvgIpc) is 3.50. The largest absolute Gasteiger partial charge is 0.335 e. The molecule has 1 saturated carbocycles. The molecule has 170 valence electrons. The van der Waals surface area contributed by atoms with Crippen molar-refractivity contribution >= 4 is 40.4 Å². The number of piperazine rings is 1. The van der Waals surface area contributed by atoms with Crippen LogP contribution in [0.5, 0.6) is 0 Å². The number of nitrogens with zero attached hydrogens (tertiary/aromatic N) is 2. The summed E-state index contributed by atoms with van der Waals surface area (Å²) in [5.74, 6) is 0.316. The lowest BCUT2D eigenvalue weighted by Gasteiger charge is -2.40. The van der Waals surface area contributed by atoms with E-state index in [1.54, 1.807) is 12.1 Å². The van der Waals surface area contributed by atoms with Gasteiger partial charge in [-0.2, -0.15) is 0 Å². The Labute approximate surface area is 192 Å². The maximum atomic E-state index is 13.4. The quantitative estimate of drug-likeness (QED) is 0.698. The molecule has 4 rings (SSSR count). The highest BCUT2D eigenvalue weighted by atomic mass is 32.1. The highest BCUT2D eigenvalue weighted by Crippen LogP contribution is 2.32. The van der Waals surface area contributed by atoms with Crippen molar-refractivity contribution in [3.05, 3.63) is 46.7 Å². The number of nitrogens with one attached hydrogen (secondary N) is 2. The molecule has 1 aliphatic carbocycles. The molecule has 8 heteroatoms. The second-order valence-corrected chi connectivity index (χ2v) is 9.49. The van der Waals surface area contributed by atoms with E-state index in [0.717, 1.165) is 36.2 Å². The molecular weight excluding hydrogens is 424 g/mol. The zero-order valence-electron chi connectivity index (χ0n) is 18.4. The van der Waals surface area contributed by atoms with Crippen molar-refractivity contribution in [1.82, 2.24) is 9.80 Å². The van der Waals surface area contributed by atoms with Crippen LogP contribution in [0.4, 0.5) is 11.4 Å². The summed E-state index contributed by atoms with van der Waals surface area (Å²) < 4.78 is 0. The van der Waals surface area contributed by atoms with Gasteiger partial charge in [0.2, 0.25) is 11.8 Å². The third kappa shape index (κ3) is 5.37. The molecule has 2 aliphatic rings. The molecule has 7 nitrogen and oxygen atoms in total. The number of amides is 3. The first-order chi connectivity index (χ1) is 15.5. The minimum Gasteiger partial charge on any atom is -0.335 e. The Morgan fingerprint density at radius 2 is 1.56 bits per heavy atom. The topological polar surface area (TPSA) is 81.8 Å². The molecule has 1 atom stereocenters. The molecular formula is C24H30N4O3S. The van der Waals surface area contributed by atoms with E-state index in [2.05, 4.69) is 15.5 Å². The lowest BCUT2D eigenvalue weighted by molar-refractivity contribution is -0.124. The number of carbonyl (C=O) groups excluding carboxylic acids is 3. The van der Waals surface area contributed by atoms with Crippen molar-refractivity contribution in [2.75, 3.05) is 36.8 Å². The standard InChI is InChI=1S/C24H30N4O3S/c1-17(29)25-19-8-10-20(11-9-19)26-23(30)22(18-5-2-3-6-18)27-12-14-28(15-13-27)24(31)21-7-4-16-32-21/h4,7-11,16,18,22H,2-3,5-6,12-15H2,1H3,(H,25,29)(H,26,30)/t22-/m1/s1. The van der Waals surface area contributed by atoms with Crippen LogP contribution in [0, 0.1) is 5.92 Å². The van der Waals surface area contributed by atoms with Crippen LogP contribution < -0.4 is 10.6 Å². The van der Waals surface area contributed by atoms with Crippen LogP contribution in [0.2, 0.25) is 0 Å². The van der Waals surface area contributed by atoms with E-state index in [1.807, 2.05) is 34.5 Å². The zero-order valence-corrected chi connectivity index (χ0v) is 19.2. The van der Waals surface area contributed by atoms with Crippen LogP contribution in [0.25, 0.3) is 0 Å². The van der Waals surface area contributed by atoms with Crippen LogP contribution in [0.3, 0.4) is 0 Å². The lowest BCUT2D eigenvalue weighted by Crippen LogP contribution is -2.56. The third-order valence-corrected chi connectivity index (χ3v) is 7.17. The van der Waals surface area contributed by atoms with Crippen LogP contribution in [0.1, 0.15) is 42.3 Å². The summed E-state index contributed by atoms with van der Waals surface area (Å²) in [6, 6.07) is 10.8.